The Hall–Kier alpha value is -1.25. The lowest BCUT2D eigenvalue weighted by Crippen LogP contribution is -2.37. The maximum atomic E-state index is 12.9. The molecule has 0 aromatic heterocycles. The van der Waals surface area contributed by atoms with Gasteiger partial charge in [-0.05, 0) is 38.5 Å². The largest absolute Gasteiger partial charge is 0.756 e. The third-order valence-electron chi connectivity index (χ3n) is 21.0. The van der Waals surface area contributed by atoms with Crippen molar-refractivity contribution >= 4 is 19.8 Å². The summed E-state index contributed by atoms with van der Waals surface area (Å²) in [4.78, 5) is 38.3. The van der Waals surface area contributed by atoms with E-state index in [0.717, 1.165) is 32.1 Å². The van der Waals surface area contributed by atoms with Crippen molar-refractivity contribution in [2.75, 3.05) is 47.5 Å². The van der Waals surface area contributed by atoms with Crippen molar-refractivity contribution in [2.24, 2.45) is 0 Å². The Morgan fingerprint density at radius 3 is 0.747 bits per heavy atom. The summed E-state index contributed by atoms with van der Waals surface area (Å²) in [5, 5.41) is 0. The van der Waals surface area contributed by atoms with Gasteiger partial charge in [-0.2, -0.15) is 0 Å². The number of phosphoric ester groups is 1. The van der Waals surface area contributed by atoms with E-state index in [2.05, 4.69) is 26.0 Å². The number of carbonyl (C=O) groups is 2. The van der Waals surface area contributed by atoms with Crippen molar-refractivity contribution in [3.63, 3.8) is 0 Å². The van der Waals surface area contributed by atoms with E-state index < -0.39 is 26.5 Å². The normalized spacial score (nSPS) is 12.9. The highest BCUT2D eigenvalue weighted by Gasteiger charge is 2.22. The van der Waals surface area contributed by atoms with E-state index in [9.17, 15) is 19.0 Å². The Bertz CT molecular complexity index is 1670. The monoisotopic (exact) mass is 1420 g/mol. The first-order valence-electron chi connectivity index (χ1n) is 44.9. The van der Waals surface area contributed by atoms with E-state index in [1.165, 1.54) is 430 Å². The van der Waals surface area contributed by atoms with Gasteiger partial charge in [0, 0.05) is 12.8 Å². The predicted octanol–water partition coefficient (Wildman–Crippen LogP) is 29.5. The fraction of sp³-hybridized carbons (Fsp3) is 0.955. The number of hydrogen-bond donors (Lipinski definition) is 0. The minimum atomic E-state index is -4.64. The molecule has 0 bridgehead atoms. The van der Waals surface area contributed by atoms with Gasteiger partial charge in [-0.25, -0.2) is 0 Å². The van der Waals surface area contributed by atoms with Gasteiger partial charge in [0.1, 0.15) is 19.8 Å². The molecule has 0 aromatic rings. The third-order valence-corrected chi connectivity index (χ3v) is 22.0. The summed E-state index contributed by atoms with van der Waals surface area (Å²) in [7, 11) is 1.20. The molecule has 0 rings (SSSR count). The summed E-state index contributed by atoms with van der Waals surface area (Å²) in [6.07, 6.45) is 104. The van der Waals surface area contributed by atoms with Gasteiger partial charge >= 0.3 is 11.9 Å². The van der Waals surface area contributed by atoms with Crippen molar-refractivity contribution in [2.45, 2.75) is 502 Å². The quantitative estimate of drug-likeness (QED) is 0.0195. The summed E-state index contributed by atoms with van der Waals surface area (Å²) in [5.74, 6) is -0.800. The molecule has 9 nitrogen and oxygen atoms in total. The van der Waals surface area contributed by atoms with E-state index in [0.29, 0.717) is 17.4 Å². The van der Waals surface area contributed by atoms with Crippen LogP contribution >= 0.6 is 7.82 Å². The lowest BCUT2D eigenvalue weighted by atomic mass is 10.0. The van der Waals surface area contributed by atoms with E-state index >= 15 is 0 Å². The van der Waals surface area contributed by atoms with Gasteiger partial charge in [0.15, 0.2) is 6.10 Å². The molecule has 0 spiro atoms. The van der Waals surface area contributed by atoms with Crippen LogP contribution in [0.25, 0.3) is 0 Å². The first kappa shape index (κ1) is 97.8. The van der Waals surface area contributed by atoms with Crippen LogP contribution < -0.4 is 4.89 Å². The highest BCUT2D eigenvalue weighted by Crippen LogP contribution is 2.38. The van der Waals surface area contributed by atoms with E-state index in [-0.39, 0.29) is 32.0 Å². The number of nitrogens with zero attached hydrogens (tertiary/aromatic N) is 1. The molecule has 0 aliphatic heterocycles. The average molecular weight is 1420 g/mol. The molecule has 10 heteroatoms. The fourth-order valence-corrected chi connectivity index (χ4v) is 14.9. The minimum Gasteiger partial charge on any atom is -0.756 e. The Kier molecular flexibility index (Phi) is 79.8. The lowest BCUT2D eigenvalue weighted by Gasteiger charge is -2.28. The van der Waals surface area contributed by atoms with Crippen molar-refractivity contribution < 1.29 is 42.1 Å². The second kappa shape index (κ2) is 80.8. The van der Waals surface area contributed by atoms with Crippen molar-refractivity contribution in [1.29, 1.82) is 0 Å². The zero-order valence-electron chi connectivity index (χ0n) is 67.8. The maximum Gasteiger partial charge on any atom is 0.306 e. The molecule has 2 atom stereocenters. The van der Waals surface area contributed by atoms with E-state index in [1.54, 1.807) is 0 Å². The molecule has 99 heavy (non-hydrogen) atoms. The molecule has 0 saturated carbocycles. The molecular formula is C89H176NO8P. The molecule has 0 radical (unpaired) electrons. The standard InChI is InChI=1S/C89H176NO8P/c1-6-8-10-12-14-16-18-20-22-24-26-28-30-32-34-36-38-40-42-44-46-47-49-51-53-55-57-59-61-63-65-67-69-71-73-75-77-79-81-88(91)95-85-87(86-97-99(93,94)96-84-83-90(3,4)5)98-89(92)82-80-78-76-74-72-70-68-66-64-62-60-58-56-54-52-50-48-45-43-41-39-37-35-33-31-29-27-25-23-21-19-17-15-13-11-9-7-2/h25,27,87H,6-24,26,28-86H2,1-5H3/b27-25-. The van der Waals surface area contributed by atoms with Crippen LogP contribution in [0.1, 0.15) is 495 Å². The zero-order valence-corrected chi connectivity index (χ0v) is 68.6. The summed E-state index contributed by atoms with van der Waals surface area (Å²) in [6.45, 7) is 4.35. The molecule has 0 aliphatic carbocycles. The number of esters is 2. The topological polar surface area (TPSA) is 111 Å². The van der Waals surface area contributed by atoms with Crippen LogP contribution in [-0.2, 0) is 32.7 Å². The van der Waals surface area contributed by atoms with E-state index in [1.807, 2.05) is 21.1 Å². The molecule has 2 unspecified atom stereocenters. The second-order valence-corrected chi connectivity index (χ2v) is 33.7. The smallest absolute Gasteiger partial charge is 0.306 e. The van der Waals surface area contributed by atoms with Crippen molar-refractivity contribution in [1.82, 2.24) is 0 Å². The first-order chi connectivity index (χ1) is 48.5. The van der Waals surface area contributed by atoms with Crippen LogP contribution in [0, 0.1) is 0 Å². The summed E-state index contributed by atoms with van der Waals surface area (Å²) < 4.78 is 34.5. The number of hydrogen-bond acceptors (Lipinski definition) is 8. The van der Waals surface area contributed by atoms with Gasteiger partial charge < -0.3 is 27.9 Å². The summed E-state index contributed by atoms with van der Waals surface area (Å²) in [5.41, 5.74) is 0. The van der Waals surface area contributed by atoms with Crippen LogP contribution in [0.5, 0.6) is 0 Å². The highest BCUT2D eigenvalue weighted by atomic mass is 31.2. The number of rotatable bonds is 86. The number of carbonyl (C=O) groups excluding carboxylic acids is 2. The Labute approximate surface area is 619 Å². The van der Waals surface area contributed by atoms with Gasteiger partial charge in [0.2, 0.25) is 0 Å². The van der Waals surface area contributed by atoms with Gasteiger partial charge in [-0.3, -0.25) is 14.2 Å². The van der Waals surface area contributed by atoms with Crippen LogP contribution in [-0.4, -0.2) is 70.0 Å². The van der Waals surface area contributed by atoms with Crippen molar-refractivity contribution in [3.8, 4) is 0 Å². The number of quaternary nitrogens is 1. The molecular weight excluding hydrogens is 1240 g/mol. The molecule has 590 valence electrons. The van der Waals surface area contributed by atoms with Crippen LogP contribution in [0.2, 0.25) is 0 Å². The highest BCUT2D eigenvalue weighted by molar-refractivity contribution is 7.45. The molecule has 0 aromatic carbocycles. The Morgan fingerprint density at radius 2 is 0.515 bits per heavy atom. The predicted molar refractivity (Wildman–Crippen MR) is 430 cm³/mol. The van der Waals surface area contributed by atoms with Gasteiger partial charge in [0.05, 0.1) is 27.7 Å². The van der Waals surface area contributed by atoms with Crippen LogP contribution in [0.3, 0.4) is 0 Å². The SMILES string of the molecule is CCCCCCCCCC/C=C\CCCCCCCCCCCCCCCCCCCCCCCCCCCC(=O)OC(COC(=O)CCCCCCCCCCCCCCCCCCCCCCCCCCCCCCCCCCCCCCCC)COP(=O)([O-])OCC[N+](C)(C)C. The van der Waals surface area contributed by atoms with E-state index in [4.69, 9.17) is 18.5 Å². The fourth-order valence-electron chi connectivity index (χ4n) is 14.2. The molecule has 0 N–H and O–H groups in total. The van der Waals surface area contributed by atoms with Gasteiger partial charge in [0.25, 0.3) is 7.82 Å². The number of unbranched alkanes of at least 4 members (excludes halogenated alkanes) is 70. The van der Waals surface area contributed by atoms with Crippen LogP contribution in [0.15, 0.2) is 12.2 Å². The van der Waals surface area contributed by atoms with Crippen molar-refractivity contribution in [3.05, 3.63) is 12.2 Å². The van der Waals surface area contributed by atoms with Crippen LogP contribution in [0.4, 0.5) is 0 Å². The minimum absolute atomic E-state index is 0.0253. The molecule has 0 heterocycles. The Morgan fingerprint density at radius 1 is 0.303 bits per heavy atom. The zero-order chi connectivity index (χ0) is 71.8. The summed E-state index contributed by atoms with van der Waals surface area (Å²) in [6, 6.07) is 0. The molecule has 0 aliphatic rings. The molecule has 0 amide bonds. The van der Waals surface area contributed by atoms with Gasteiger partial charge in [-0.15, -0.1) is 0 Å². The Balaban J connectivity index is 3.82. The van der Waals surface area contributed by atoms with Gasteiger partial charge in [-0.1, -0.05) is 456 Å². The number of likely N-dealkylation sites (N-methyl/N-ethyl adjacent to an activating group) is 1. The number of ether oxygens (including phenoxy) is 2. The average Bonchev–Trinajstić information content (AvgIpc) is 0.999. The maximum absolute atomic E-state index is 12.9. The third kappa shape index (κ3) is 85.6. The molecule has 0 saturated heterocycles. The number of allylic oxidation sites excluding steroid dienone is 2. The lowest BCUT2D eigenvalue weighted by molar-refractivity contribution is -0.870. The number of phosphoric acid groups is 1. The second-order valence-electron chi connectivity index (χ2n) is 32.3. The first-order valence-corrected chi connectivity index (χ1v) is 46.4. The summed E-state index contributed by atoms with van der Waals surface area (Å²) >= 11 is 0. The molecule has 0 fully saturated rings.